The van der Waals surface area contributed by atoms with Gasteiger partial charge >= 0.3 is 5.97 Å². The van der Waals surface area contributed by atoms with E-state index < -0.39 is 18.1 Å². The first-order valence-electron chi connectivity index (χ1n) is 4.05. The first-order valence-corrected chi connectivity index (χ1v) is 4.05. The van der Waals surface area contributed by atoms with Crippen LogP contribution in [0, 0.1) is 17.8 Å². The first kappa shape index (κ1) is 7.07. The molecule has 0 heterocycles. The molecule has 11 heavy (non-hydrogen) atoms. The van der Waals surface area contributed by atoms with Crippen molar-refractivity contribution >= 4 is 5.97 Å². The molecule has 1 N–H and O–H groups in total. The van der Waals surface area contributed by atoms with Crippen molar-refractivity contribution in [2.45, 2.75) is 25.4 Å². The molecule has 2 rings (SSSR count). The van der Waals surface area contributed by atoms with Crippen molar-refractivity contribution in [2.24, 2.45) is 17.8 Å². The van der Waals surface area contributed by atoms with E-state index >= 15 is 0 Å². The van der Waals surface area contributed by atoms with Crippen molar-refractivity contribution in [2.75, 3.05) is 0 Å². The summed E-state index contributed by atoms with van der Waals surface area (Å²) in [6, 6.07) is 0. The van der Waals surface area contributed by atoms with Crippen LogP contribution < -0.4 is 0 Å². The summed E-state index contributed by atoms with van der Waals surface area (Å²) < 4.78 is 13.0. The van der Waals surface area contributed by atoms with Crippen LogP contribution in [0.4, 0.5) is 4.39 Å². The molecule has 0 aromatic heterocycles. The zero-order valence-electron chi connectivity index (χ0n) is 6.16. The lowest BCUT2D eigenvalue weighted by Gasteiger charge is -2.21. The minimum absolute atomic E-state index is 0.488. The van der Waals surface area contributed by atoms with Gasteiger partial charge in [0.25, 0.3) is 0 Å². The Labute approximate surface area is 64.4 Å². The minimum Gasteiger partial charge on any atom is -0.481 e. The second-order valence-electron chi connectivity index (χ2n) is 3.69. The van der Waals surface area contributed by atoms with Crippen molar-refractivity contribution in [1.82, 2.24) is 0 Å². The second-order valence-corrected chi connectivity index (χ2v) is 3.69. The van der Waals surface area contributed by atoms with Gasteiger partial charge in [0.1, 0.15) is 6.17 Å². The SMILES string of the molecule is O=C(O)C1CC2CC2CC1F. The fourth-order valence-electron chi connectivity index (χ4n) is 2.07. The molecule has 2 fully saturated rings. The van der Waals surface area contributed by atoms with E-state index in [2.05, 4.69) is 0 Å². The van der Waals surface area contributed by atoms with Crippen molar-refractivity contribution in [3.8, 4) is 0 Å². The molecule has 0 aliphatic heterocycles. The third-order valence-electron chi connectivity index (χ3n) is 2.91. The van der Waals surface area contributed by atoms with Gasteiger partial charge in [-0.15, -0.1) is 0 Å². The van der Waals surface area contributed by atoms with Crippen LogP contribution in [0.2, 0.25) is 0 Å². The van der Waals surface area contributed by atoms with Crippen molar-refractivity contribution in [1.29, 1.82) is 0 Å². The standard InChI is InChI=1S/C8H11FO2/c9-7-3-5-1-4(5)2-6(7)8(10)11/h4-7H,1-3H2,(H,10,11). The summed E-state index contributed by atoms with van der Waals surface area (Å²) in [6.07, 6.45) is 1.03. The number of hydrogen-bond donors (Lipinski definition) is 1. The number of carbonyl (C=O) groups is 1. The predicted octanol–water partition coefficient (Wildman–Crippen LogP) is 1.46. The maximum Gasteiger partial charge on any atom is 0.309 e. The van der Waals surface area contributed by atoms with Crippen LogP contribution in [0.1, 0.15) is 19.3 Å². The van der Waals surface area contributed by atoms with E-state index in [9.17, 15) is 9.18 Å². The summed E-state index contributed by atoms with van der Waals surface area (Å²) in [5.41, 5.74) is 0. The van der Waals surface area contributed by atoms with Crippen LogP contribution in [0.25, 0.3) is 0 Å². The van der Waals surface area contributed by atoms with Gasteiger partial charge in [-0.05, 0) is 31.1 Å². The maximum absolute atomic E-state index is 13.0. The fourth-order valence-corrected chi connectivity index (χ4v) is 2.07. The quantitative estimate of drug-likeness (QED) is 0.627. The topological polar surface area (TPSA) is 37.3 Å². The van der Waals surface area contributed by atoms with Gasteiger partial charge in [0.2, 0.25) is 0 Å². The molecular formula is C8H11FO2. The number of carboxylic acid groups (broad SMARTS) is 1. The average molecular weight is 158 g/mol. The molecule has 2 nitrogen and oxygen atoms in total. The molecule has 0 radical (unpaired) electrons. The number of aliphatic carboxylic acids is 1. The molecule has 4 unspecified atom stereocenters. The Kier molecular flexibility index (Phi) is 1.41. The Balaban J connectivity index is 2.03. The summed E-state index contributed by atoms with van der Waals surface area (Å²) >= 11 is 0. The van der Waals surface area contributed by atoms with Gasteiger partial charge in [-0.2, -0.15) is 0 Å². The summed E-state index contributed by atoms with van der Waals surface area (Å²) in [6.45, 7) is 0. The Morgan fingerprint density at radius 1 is 1.27 bits per heavy atom. The Morgan fingerprint density at radius 3 is 2.55 bits per heavy atom. The molecule has 3 heteroatoms. The molecule has 0 saturated heterocycles. The second kappa shape index (κ2) is 2.19. The number of halogens is 1. The molecule has 0 aromatic carbocycles. The van der Waals surface area contributed by atoms with E-state index in [0.717, 1.165) is 6.42 Å². The van der Waals surface area contributed by atoms with Gasteiger partial charge in [0.05, 0.1) is 5.92 Å². The summed E-state index contributed by atoms with van der Waals surface area (Å²) in [7, 11) is 0. The van der Waals surface area contributed by atoms with Crippen LogP contribution in [0.3, 0.4) is 0 Å². The normalized spacial score (nSPS) is 48.1. The van der Waals surface area contributed by atoms with Gasteiger partial charge in [0.15, 0.2) is 0 Å². The van der Waals surface area contributed by atoms with Crippen LogP contribution in [-0.4, -0.2) is 17.2 Å². The third-order valence-corrected chi connectivity index (χ3v) is 2.91. The Bertz CT molecular complexity index is 193. The summed E-state index contributed by atoms with van der Waals surface area (Å²) in [5, 5.41) is 8.60. The molecule has 2 saturated carbocycles. The molecule has 0 spiro atoms. The zero-order chi connectivity index (χ0) is 8.01. The van der Waals surface area contributed by atoms with Crippen LogP contribution in [0.15, 0.2) is 0 Å². The highest BCUT2D eigenvalue weighted by atomic mass is 19.1. The van der Waals surface area contributed by atoms with Gasteiger partial charge in [0, 0.05) is 0 Å². The summed E-state index contributed by atoms with van der Waals surface area (Å²) in [5.74, 6) is -0.620. The monoisotopic (exact) mass is 158 g/mol. The van der Waals surface area contributed by atoms with Crippen LogP contribution in [-0.2, 0) is 4.79 Å². The highest BCUT2D eigenvalue weighted by Gasteiger charge is 2.49. The Hall–Kier alpha value is -0.600. The van der Waals surface area contributed by atoms with Crippen LogP contribution >= 0.6 is 0 Å². The first-order chi connectivity index (χ1) is 5.18. The van der Waals surface area contributed by atoms with Crippen molar-refractivity contribution < 1.29 is 14.3 Å². The zero-order valence-corrected chi connectivity index (χ0v) is 6.16. The third kappa shape index (κ3) is 1.12. The van der Waals surface area contributed by atoms with E-state index in [0.29, 0.717) is 24.7 Å². The largest absolute Gasteiger partial charge is 0.481 e. The molecule has 62 valence electrons. The number of rotatable bonds is 1. The molecular weight excluding hydrogens is 147 g/mol. The van der Waals surface area contributed by atoms with Gasteiger partial charge in [-0.1, -0.05) is 0 Å². The average Bonchev–Trinajstić information content (AvgIpc) is 2.63. The van der Waals surface area contributed by atoms with E-state index in [4.69, 9.17) is 5.11 Å². The number of fused-ring (bicyclic) bond motifs is 1. The highest BCUT2D eigenvalue weighted by molar-refractivity contribution is 5.71. The highest BCUT2D eigenvalue weighted by Crippen LogP contribution is 2.52. The summed E-state index contributed by atoms with van der Waals surface area (Å²) in [4.78, 5) is 10.5. The van der Waals surface area contributed by atoms with Gasteiger partial charge < -0.3 is 5.11 Å². The van der Waals surface area contributed by atoms with E-state index in [-0.39, 0.29) is 0 Å². The smallest absolute Gasteiger partial charge is 0.309 e. The fraction of sp³-hybridized carbons (Fsp3) is 0.875. The molecule has 0 bridgehead atoms. The lowest BCUT2D eigenvalue weighted by Crippen LogP contribution is -2.29. The molecule has 0 amide bonds. The molecule has 2 aliphatic rings. The van der Waals surface area contributed by atoms with Gasteiger partial charge in [-0.3, -0.25) is 4.79 Å². The Morgan fingerprint density at radius 2 is 1.91 bits per heavy atom. The van der Waals surface area contributed by atoms with E-state index in [1.165, 1.54) is 0 Å². The minimum atomic E-state index is -1.09. The number of carboxylic acids is 1. The van der Waals surface area contributed by atoms with Gasteiger partial charge in [-0.25, -0.2) is 4.39 Å². The van der Waals surface area contributed by atoms with Crippen molar-refractivity contribution in [3.05, 3.63) is 0 Å². The van der Waals surface area contributed by atoms with Crippen LogP contribution in [0.5, 0.6) is 0 Å². The lowest BCUT2D eigenvalue weighted by molar-refractivity contribution is -0.145. The molecule has 4 atom stereocenters. The number of hydrogen-bond acceptors (Lipinski definition) is 1. The maximum atomic E-state index is 13.0. The predicted molar refractivity (Wildman–Crippen MR) is 36.9 cm³/mol. The van der Waals surface area contributed by atoms with E-state index in [1.54, 1.807) is 0 Å². The number of alkyl halides is 1. The van der Waals surface area contributed by atoms with Crippen molar-refractivity contribution in [3.63, 3.8) is 0 Å². The van der Waals surface area contributed by atoms with E-state index in [1.807, 2.05) is 0 Å². The molecule has 0 aromatic rings. The molecule has 2 aliphatic carbocycles. The lowest BCUT2D eigenvalue weighted by atomic mass is 9.88.